The number of carbonyl (C=O) groups excluding carboxylic acids is 1. The summed E-state index contributed by atoms with van der Waals surface area (Å²) in [4.78, 5) is 12.5. The van der Waals surface area contributed by atoms with Gasteiger partial charge in [-0.15, -0.1) is 0 Å². The van der Waals surface area contributed by atoms with Crippen LogP contribution in [-0.4, -0.2) is 74.7 Å². The third-order valence-electron chi connectivity index (χ3n) is 3.80. The summed E-state index contributed by atoms with van der Waals surface area (Å²) in [6.45, 7) is 1.31. The van der Waals surface area contributed by atoms with Crippen molar-refractivity contribution in [2.75, 3.05) is 19.5 Å². The van der Waals surface area contributed by atoms with Gasteiger partial charge in [0.05, 0.1) is 12.9 Å². The van der Waals surface area contributed by atoms with Crippen molar-refractivity contribution in [3.05, 3.63) is 35.9 Å². The van der Waals surface area contributed by atoms with Gasteiger partial charge in [-0.25, -0.2) is 0 Å². The molecule has 0 radical (unpaired) electrons. The van der Waals surface area contributed by atoms with Crippen LogP contribution in [0.25, 0.3) is 0 Å². The van der Waals surface area contributed by atoms with E-state index >= 15 is 0 Å². The number of carbonyl (C=O) groups is 1. The summed E-state index contributed by atoms with van der Waals surface area (Å²) in [5.74, 6) is -0.513. The van der Waals surface area contributed by atoms with Crippen LogP contribution in [0.4, 0.5) is 0 Å². The lowest BCUT2D eigenvalue weighted by Gasteiger charge is -2.43. The van der Waals surface area contributed by atoms with Crippen molar-refractivity contribution >= 4 is 16.0 Å². The molecule has 10 heteroatoms. The summed E-state index contributed by atoms with van der Waals surface area (Å²) in [6, 6.07) is 7.13. The molecule has 26 heavy (non-hydrogen) atoms. The number of benzene rings is 1. The van der Waals surface area contributed by atoms with Crippen LogP contribution < -0.4 is 5.32 Å². The highest BCUT2D eigenvalue weighted by Crippen LogP contribution is 2.26. The van der Waals surface area contributed by atoms with Gasteiger partial charge in [0.25, 0.3) is 16.0 Å². The van der Waals surface area contributed by atoms with Gasteiger partial charge in [-0.3, -0.25) is 8.98 Å². The maximum Gasteiger partial charge on any atom is 0.264 e. The lowest BCUT2D eigenvalue weighted by atomic mass is 9.96. The Hall–Kier alpha value is -1.56. The Kier molecular flexibility index (Phi) is 7.09. The summed E-state index contributed by atoms with van der Waals surface area (Å²) in [6.07, 6.45) is -4.29. The molecule has 2 rings (SSSR count). The van der Waals surface area contributed by atoms with Crippen molar-refractivity contribution in [1.29, 1.82) is 0 Å². The first-order valence-corrected chi connectivity index (χ1v) is 9.88. The first kappa shape index (κ1) is 20.7. The number of hydrogen-bond acceptors (Lipinski definition) is 8. The van der Waals surface area contributed by atoms with Crippen molar-refractivity contribution in [2.45, 2.75) is 37.6 Å². The van der Waals surface area contributed by atoms with Gasteiger partial charge in [-0.2, -0.15) is 8.42 Å². The second-order valence-electron chi connectivity index (χ2n) is 5.80. The quantitative estimate of drug-likeness (QED) is 0.519. The van der Waals surface area contributed by atoms with Crippen molar-refractivity contribution in [2.24, 2.45) is 0 Å². The average Bonchev–Trinajstić information content (AvgIpc) is 2.60. The number of aliphatic hydroxyl groups excluding tert-OH is 2. The van der Waals surface area contributed by atoms with Crippen LogP contribution in [-0.2, 0) is 23.8 Å². The number of nitrogens with one attached hydrogen (secondary N) is 1. The van der Waals surface area contributed by atoms with E-state index in [4.69, 9.17) is 13.7 Å². The smallest absolute Gasteiger partial charge is 0.264 e. The second kappa shape index (κ2) is 8.89. The Morgan fingerprint density at radius 2 is 1.96 bits per heavy atom. The fourth-order valence-electron chi connectivity index (χ4n) is 2.67. The molecule has 1 aromatic carbocycles. The Balaban J connectivity index is 2.31. The molecule has 5 atom stereocenters. The van der Waals surface area contributed by atoms with Gasteiger partial charge in [0.2, 0.25) is 0 Å². The van der Waals surface area contributed by atoms with E-state index in [0.717, 1.165) is 6.26 Å². The van der Waals surface area contributed by atoms with E-state index in [-0.39, 0.29) is 6.61 Å². The summed E-state index contributed by atoms with van der Waals surface area (Å²) >= 11 is 0. The van der Waals surface area contributed by atoms with E-state index in [2.05, 4.69) is 5.32 Å². The third-order valence-corrected chi connectivity index (χ3v) is 4.38. The van der Waals surface area contributed by atoms with Crippen LogP contribution in [0, 0.1) is 0 Å². The molecule has 0 aliphatic carbocycles. The lowest BCUT2D eigenvalue weighted by Crippen LogP contribution is -2.65. The maximum atomic E-state index is 12.5. The van der Waals surface area contributed by atoms with Gasteiger partial charge in [-0.1, -0.05) is 18.2 Å². The maximum absolute atomic E-state index is 12.5. The monoisotopic (exact) mass is 389 g/mol. The zero-order valence-corrected chi connectivity index (χ0v) is 15.3. The minimum absolute atomic E-state index is 0.197. The highest BCUT2D eigenvalue weighted by atomic mass is 32.2. The van der Waals surface area contributed by atoms with Crippen LogP contribution in [0.3, 0.4) is 0 Å². The SMILES string of the molecule is CCO[C@@H]1O[C@H](CO)[C@@H](O)[C@H](OS(C)(=O)=O)[C@H]1NC(=O)c1ccccc1. The minimum atomic E-state index is -3.96. The molecule has 0 aromatic heterocycles. The highest BCUT2D eigenvalue weighted by molar-refractivity contribution is 7.86. The average molecular weight is 389 g/mol. The molecular formula is C16H23NO8S. The van der Waals surface area contributed by atoms with Gasteiger partial charge in [-0.05, 0) is 19.1 Å². The van der Waals surface area contributed by atoms with Crippen molar-refractivity contribution in [3.63, 3.8) is 0 Å². The fraction of sp³-hybridized carbons (Fsp3) is 0.562. The minimum Gasteiger partial charge on any atom is -0.394 e. The van der Waals surface area contributed by atoms with Gasteiger partial charge >= 0.3 is 0 Å². The summed E-state index contributed by atoms with van der Waals surface area (Å²) in [7, 11) is -3.96. The highest BCUT2D eigenvalue weighted by Gasteiger charge is 2.48. The molecule has 3 N–H and O–H groups in total. The standard InChI is InChI=1S/C16H23NO8S/c1-3-23-16-12(17-15(20)10-7-5-4-6-8-10)14(25-26(2,21)22)13(19)11(9-18)24-16/h4-8,11-14,16,18-19H,3,9H2,1-2H3,(H,17,20)/t11-,12-,13-,14-,16-/m1/s1. The predicted octanol–water partition coefficient (Wildman–Crippen LogP) is -0.756. The topological polar surface area (TPSA) is 131 Å². The fourth-order valence-corrected chi connectivity index (χ4v) is 3.30. The van der Waals surface area contributed by atoms with E-state index in [9.17, 15) is 23.4 Å². The molecule has 1 fully saturated rings. The molecule has 1 saturated heterocycles. The van der Waals surface area contributed by atoms with Gasteiger partial charge < -0.3 is 25.0 Å². The summed E-state index contributed by atoms with van der Waals surface area (Å²) in [5.41, 5.74) is 0.333. The van der Waals surface area contributed by atoms with Crippen molar-refractivity contribution < 1.29 is 37.1 Å². The van der Waals surface area contributed by atoms with E-state index < -0.39 is 53.3 Å². The zero-order chi connectivity index (χ0) is 19.3. The lowest BCUT2D eigenvalue weighted by molar-refractivity contribution is -0.263. The van der Waals surface area contributed by atoms with Crippen LogP contribution in [0.5, 0.6) is 0 Å². The van der Waals surface area contributed by atoms with Gasteiger partial charge in [0, 0.05) is 12.2 Å². The number of ether oxygens (including phenoxy) is 2. The molecule has 0 saturated carbocycles. The number of amides is 1. The Morgan fingerprint density at radius 1 is 1.31 bits per heavy atom. The molecule has 0 spiro atoms. The molecule has 0 unspecified atom stereocenters. The largest absolute Gasteiger partial charge is 0.394 e. The van der Waals surface area contributed by atoms with Crippen LogP contribution in [0.15, 0.2) is 30.3 Å². The molecule has 1 aliphatic rings. The molecule has 1 heterocycles. The van der Waals surface area contributed by atoms with Crippen molar-refractivity contribution in [3.8, 4) is 0 Å². The number of hydrogen-bond donors (Lipinski definition) is 3. The summed E-state index contributed by atoms with van der Waals surface area (Å²) < 4.78 is 39.1. The van der Waals surface area contributed by atoms with Crippen LogP contribution in [0.1, 0.15) is 17.3 Å². The molecule has 1 aliphatic heterocycles. The molecule has 9 nitrogen and oxygen atoms in total. The molecular weight excluding hydrogens is 366 g/mol. The summed E-state index contributed by atoms with van der Waals surface area (Å²) in [5, 5.41) is 22.3. The molecule has 146 valence electrons. The van der Waals surface area contributed by atoms with E-state index in [1.165, 1.54) is 0 Å². The Labute approximate surface area is 152 Å². The van der Waals surface area contributed by atoms with E-state index in [1.54, 1.807) is 37.3 Å². The van der Waals surface area contributed by atoms with E-state index in [0.29, 0.717) is 5.56 Å². The Morgan fingerprint density at radius 3 is 2.50 bits per heavy atom. The number of rotatable bonds is 7. The van der Waals surface area contributed by atoms with Crippen LogP contribution in [0.2, 0.25) is 0 Å². The Bertz CT molecular complexity index is 695. The third kappa shape index (κ3) is 5.22. The van der Waals surface area contributed by atoms with Gasteiger partial charge in [0.1, 0.15) is 24.4 Å². The first-order chi connectivity index (χ1) is 12.3. The zero-order valence-electron chi connectivity index (χ0n) is 14.4. The van der Waals surface area contributed by atoms with Crippen molar-refractivity contribution in [1.82, 2.24) is 5.32 Å². The van der Waals surface area contributed by atoms with E-state index in [1.807, 2.05) is 0 Å². The number of aliphatic hydroxyl groups is 2. The normalized spacial score (nSPS) is 29.3. The van der Waals surface area contributed by atoms with Crippen LogP contribution >= 0.6 is 0 Å². The first-order valence-electron chi connectivity index (χ1n) is 8.07. The predicted molar refractivity (Wildman–Crippen MR) is 90.8 cm³/mol. The molecule has 0 bridgehead atoms. The van der Waals surface area contributed by atoms with Gasteiger partial charge in [0.15, 0.2) is 6.29 Å². The second-order valence-corrected chi connectivity index (χ2v) is 7.40. The molecule has 1 amide bonds. The molecule has 1 aromatic rings.